The lowest BCUT2D eigenvalue weighted by Crippen LogP contribution is -2.33. The van der Waals surface area contributed by atoms with E-state index < -0.39 is 17.9 Å². The molecule has 0 heterocycles. The summed E-state index contributed by atoms with van der Waals surface area (Å²) in [7, 11) is 1.51. The molecule has 0 aliphatic heterocycles. The molecular formula is C18H18ClNO5. The zero-order valence-electron chi connectivity index (χ0n) is 13.6. The van der Waals surface area contributed by atoms with Gasteiger partial charge < -0.3 is 19.9 Å². The van der Waals surface area contributed by atoms with E-state index in [1.165, 1.54) is 7.11 Å². The van der Waals surface area contributed by atoms with Crippen molar-refractivity contribution in [3.05, 3.63) is 59.1 Å². The van der Waals surface area contributed by atoms with E-state index in [-0.39, 0.29) is 13.0 Å². The molecule has 0 radical (unpaired) electrons. The molecular weight excluding hydrogens is 346 g/mol. The molecule has 0 unspecified atom stereocenters. The fourth-order valence-electron chi connectivity index (χ4n) is 2.24. The Morgan fingerprint density at radius 3 is 2.36 bits per heavy atom. The molecule has 6 nitrogen and oxygen atoms in total. The fraction of sp³-hybridized carbons (Fsp3) is 0.222. The van der Waals surface area contributed by atoms with Gasteiger partial charge in [-0.1, -0.05) is 35.9 Å². The third-order valence-electron chi connectivity index (χ3n) is 3.41. The van der Waals surface area contributed by atoms with Gasteiger partial charge in [0, 0.05) is 5.02 Å². The van der Waals surface area contributed by atoms with E-state index in [0.29, 0.717) is 22.1 Å². The Kier molecular flexibility index (Phi) is 6.65. The lowest BCUT2D eigenvalue weighted by atomic mass is 10.0. The van der Waals surface area contributed by atoms with Crippen LogP contribution in [0.2, 0.25) is 5.02 Å². The molecule has 0 aromatic heterocycles. The molecule has 7 heteroatoms. The summed E-state index contributed by atoms with van der Waals surface area (Å²) in [4.78, 5) is 23.2. The number of aliphatic carboxylic acids is 1. The number of carbonyl (C=O) groups is 2. The number of methoxy groups -OCH3 is 1. The maximum Gasteiger partial charge on any atom is 0.305 e. The summed E-state index contributed by atoms with van der Waals surface area (Å²) in [6.07, 6.45) is -0.248. The van der Waals surface area contributed by atoms with Gasteiger partial charge in [0.15, 0.2) is 18.1 Å². The smallest absolute Gasteiger partial charge is 0.305 e. The van der Waals surface area contributed by atoms with Gasteiger partial charge >= 0.3 is 5.97 Å². The van der Waals surface area contributed by atoms with Crippen molar-refractivity contribution in [2.24, 2.45) is 0 Å². The molecule has 1 amide bonds. The average molecular weight is 364 g/mol. The first-order valence-electron chi connectivity index (χ1n) is 7.52. The minimum absolute atomic E-state index is 0.248. The van der Waals surface area contributed by atoms with Gasteiger partial charge in [0.1, 0.15) is 0 Å². The molecule has 2 rings (SSSR count). The van der Waals surface area contributed by atoms with Crippen molar-refractivity contribution >= 4 is 23.5 Å². The molecule has 0 fully saturated rings. The van der Waals surface area contributed by atoms with Crippen molar-refractivity contribution in [2.75, 3.05) is 13.7 Å². The highest BCUT2D eigenvalue weighted by Crippen LogP contribution is 2.25. The van der Waals surface area contributed by atoms with Gasteiger partial charge in [0.2, 0.25) is 0 Å². The number of carbonyl (C=O) groups excluding carboxylic acids is 1. The second-order valence-electron chi connectivity index (χ2n) is 5.21. The van der Waals surface area contributed by atoms with Crippen molar-refractivity contribution in [2.45, 2.75) is 12.5 Å². The summed E-state index contributed by atoms with van der Waals surface area (Å²) < 4.78 is 10.6. The van der Waals surface area contributed by atoms with Crippen LogP contribution in [0.5, 0.6) is 11.5 Å². The van der Waals surface area contributed by atoms with E-state index in [2.05, 4.69) is 5.32 Å². The van der Waals surface area contributed by atoms with Crippen molar-refractivity contribution in [3.63, 3.8) is 0 Å². The summed E-state index contributed by atoms with van der Waals surface area (Å²) in [6, 6.07) is 12.9. The Balaban J connectivity index is 2.01. The predicted molar refractivity (Wildman–Crippen MR) is 93.1 cm³/mol. The van der Waals surface area contributed by atoms with E-state index in [4.69, 9.17) is 26.2 Å². The zero-order chi connectivity index (χ0) is 18.2. The largest absolute Gasteiger partial charge is 0.493 e. The van der Waals surface area contributed by atoms with Crippen LogP contribution >= 0.6 is 11.6 Å². The quantitative estimate of drug-likeness (QED) is 0.753. The zero-order valence-corrected chi connectivity index (χ0v) is 14.3. The molecule has 0 saturated carbocycles. The number of carboxylic acid groups (broad SMARTS) is 1. The number of nitrogens with one attached hydrogen (secondary N) is 1. The molecule has 0 spiro atoms. The summed E-state index contributed by atoms with van der Waals surface area (Å²) in [5, 5.41) is 12.3. The van der Waals surface area contributed by atoms with Crippen LogP contribution in [-0.2, 0) is 9.59 Å². The van der Waals surface area contributed by atoms with Crippen LogP contribution < -0.4 is 14.8 Å². The molecule has 0 aliphatic rings. The van der Waals surface area contributed by atoms with Gasteiger partial charge in [-0.05, 0) is 29.8 Å². The lowest BCUT2D eigenvalue weighted by molar-refractivity contribution is -0.137. The van der Waals surface area contributed by atoms with E-state index in [1.807, 2.05) is 0 Å². The number of carboxylic acids is 1. The number of halogens is 1. The van der Waals surface area contributed by atoms with Crippen LogP contribution in [0, 0.1) is 0 Å². The number of hydrogen-bond donors (Lipinski definition) is 2. The molecule has 2 aromatic carbocycles. The van der Waals surface area contributed by atoms with Crippen LogP contribution in [0.4, 0.5) is 0 Å². The molecule has 1 atom stereocenters. The SMILES string of the molecule is COc1ccccc1OCC(=O)N[C@@H](CC(=O)O)c1ccc(Cl)cc1. The normalized spacial score (nSPS) is 11.4. The van der Waals surface area contributed by atoms with Crippen molar-refractivity contribution < 1.29 is 24.2 Å². The first-order chi connectivity index (χ1) is 12.0. The van der Waals surface area contributed by atoms with E-state index in [9.17, 15) is 9.59 Å². The minimum atomic E-state index is -1.02. The first kappa shape index (κ1) is 18.6. The number of benzene rings is 2. The highest BCUT2D eigenvalue weighted by molar-refractivity contribution is 6.30. The Labute approximate surface area is 150 Å². The summed E-state index contributed by atoms with van der Waals surface area (Å²) in [5.74, 6) is -0.519. The van der Waals surface area contributed by atoms with Gasteiger partial charge in [-0.2, -0.15) is 0 Å². The lowest BCUT2D eigenvalue weighted by Gasteiger charge is -2.18. The first-order valence-corrected chi connectivity index (χ1v) is 7.90. The number of para-hydroxylation sites is 2. The summed E-state index contributed by atoms with van der Waals surface area (Å²) >= 11 is 5.84. The van der Waals surface area contributed by atoms with Crippen LogP contribution in [-0.4, -0.2) is 30.7 Å². The standard InChI is InChI=1S/C18H18ClNO5/c1-24-15-4-2-3-5-16(15)25-11-17(21)20-14(10-18(22)23)12-6-8-13(19)9-7-12/h2-9,14H,10-11H2,1H3,(H,20,21)(H,22,23)/t14-/m0/s1. The van der Waals surface area contributed by atoms with Crippen LogP contribution in [0.1, 0.15) is 18.0 Å². The highest BCUT2D eigenvalue weighted by atomic mass is 35.5. The Bertz CT molecular complexity index is 733. The monoisotopic (exact) mass is 363 g/mol. The van der Waals surface area contributed by atoms with Gasteiger partial charge in [-0.3, -0.25) is 9.59 Å². The molecule has 132 valence electrons. The van der Waals surface area contributed by atoms with Gasteiger partial charge in [0.05, 0.1) is 19.6 Å². The number of ether oxygens (including phenoxy) is 2. The molecule has 25 heavy (non-hydrogen) atoms. The summed E-state index contributed by atoms with van der Waals surface area (Å²) in [6.45, 7) is -0.260. The van der Waals surface area contributed by atoms with Gasteiger partial charge in [-0.25, -0.2) is 0 Å². The van der Waals surface area contributed by atoms with E-state index in [1.54, 1.807) is 48.5 Å². The molecule has 2 aromatic rings. The van der Waals surface area contributed by atoms with Crippen molar-refractivity contribution in [3.8, 4) is 11.5 Å². The van der Waals surface area contributed by atoms with Crippen LogP contribution in [0.15, 0.2) is 48.5 Å². The van der Waals surface area contributed by atoms with Crippen molar-refractivity contribution in [1.82, 2.24) is 5.32 Å². The number of hydrogen-bond acceptors (Lipinski definition) is 4. The van der Waals surface area contributed by atoms with Gasteiger partial charge in [-0.15, -0.1) is 0 Å². The fourth-order valence-corrected chi connectivity index (χ4v) is 2.37. The van der Waals surface area contributed by atoms with Crippen molar-refractivity contribution in [1.29, 1.82) is 0 Å². The van der Waals surface area contributed by atoms with Crippen LogP contribution in [0.25, 0.3) is 0 Å². The molecule has 0 aliphatic carbocycles. The third-order valence-corrected chi connectivity index (χ3v) is 3.67. The number of amides is 1. The summed E-state index contributed by atoms with van der Waals surface area (Å²) in [5.41, 5.74) is 0.650. The highest BCUT2D eigenvalue weighted by Gasteiger charge is 2.18. The Morgan fingerprint density at radius 2 is 1.76 bits per heavy atom. The second kappa shape index (κ2) is 8.94. The Morgan fingerprint density at radius 1 is 1.12 bits per heavy atom. The van der Waals surface area contributed by atoms with Gasteiger partial charge in [0.25, 0.3) is 5.91 Å². The Hall–Kier alpha value is -2.73. The predicted octanol–water partition coefficient (Wildman–Crippen LogP) is 3.06. The third kappa shape index (κ3) is 5.69. The van der Waals surface area contributed by atoms with E-state index in [0.717, 1.165) is 0 Å². The number of rotatable bonds is 8. The maximum atomic E-state index is 12.2. The molecule has 0 bridgehead atoms. The molecule has 2 N–H and O–H groups in total. The maximum absolute atomic E-state index is 12.2. The second-order valence-corrected chi connectivity index (χ2v) is 5.65. The average Bonchev–Trinajstić information content (AvgIpc) is 2.60. The molecule has 0 saturated heterocycles. The van der Waals surface area contributed by atoms with E-state index >= 15 is 0 Å². The topological polar surface area (TPSA) is 84.9 Å². The van der Waals surface area contributed by atoms with Crippen LogP contribution in [0.3, 0.4) is 0 Å². The minimum Gasteiger partial charge on any atom is -0.493 e.